The molecule has 1 aliphatic heterocycles. The van der Waals surface area contributed by atoms with Gasteiger partial charge in [0.05, 0.1) is 15.6 Å². The highest BCUT2D eigenvalue weighted by Crippen LogP contribution is 2.35. The zero-order valence-corrected chi connectivity index (χ0v) is 17.5. The summed E-state index contributed by atoms with van der Waals surface area (Å²) in [6.07, 6.45) is 0.526. The molecule has 5 nitrogen and oxygen atoms in total. The first-order chi connectivity index (χ1) is 15.2. The number of hydrogen-bond acceptors (Lipinski definition) is 4. The number of halogens is 7. The van der Waals surface area contributed by atoms with Gasteiger partial charge in [0.1, 0.15) is 5.56 Å². The van der Waals surface area contributed by atoms with E-state index in [4.69, 9.17) is 27.7 Å². The average molecular weight is 492 g/mol. The van der Waals surface area contributed by atoms with Gasteiger partial charge in [0.15, 0.2) is 23.3 Å². The van der Waals surface area contributed by atoms with Crippen molar-refractivity contribution in [2.24, 2.45) is 0 Å². The third kappa shape index (κ3) is 3.81. The summed E-state index contributed by atoms with van der Waals surface area (Å²) >= 11 is 12.3. The lowest BCUT2D eigenvalue weighted by atomic mass is 9.96. The van der Waals surface area contributed by atoms with Crippen LogP contribution in [0.25, 0.3) is 11.4 Å². The van der Waals surface area contributed by atoms with Gasteiger partial charge in [-0.05, 0) is 25.0 Å². The van der Waals surface area contributed by atoms with E-state index in [0.717, 1.165) is 4.90 Å². The van der Waals surface area contributed by atoms with E-state index in [1.165, 1.54) is 0 Å². The molecule has 2 heterocycles. The molecule has 1 amide bonds. The van der Waals surface area contributed by atoms with Crippen LogP contribution < -0.4 is 0 Å². The SMILES string of the molecule is O=C(c1c(F)c(F)c(F)c(F)c1F)N1CCC(c2nc(-c3c(Cl)cccc3Cl)no2)CC1. The van der Waals surface area contributed by atoms with Crippen molar-refractivity contribution in [1.82, 2.24) is 15.0 Å². The van der Waals surface area contributed by atoms with Crippen LogP contribution in [0.4, 0.5) is 22.0 Å². The summed E-state index contributed by atoms with van der Waals surface area (Å²) in [5, 5.41) is 4.54. The fourth-order valence-electron chi connectivity index (χ4n) is 3.49. The van der Waals surface area contributed by atoms with Crippen molar-refractivity contribution in [2.75, 3.05) is 13.1 Å². The Labute approximate surface area is 187 Å². The predicted octanol–water partition coefficient (Wildman–Crippen LogP) is 5.76. The van der Waals surface area contributed by atoms with E-state index in [1.54, 1.807) is 18.2 Å². The van der Waals surface area contributed by atoms with Crippen molar-refractivity contribution in [1.29, 1.82) is 0 Å². The zero-order valence-electron chi connectivity index (χ0n) is 15.9. The van der Waals surface area contributed by atoms with E-state index < -0.39 is 40.6 Å². The number of carbonyl (C=O) groups is 1. The van der Waals surface area contributed by atoms with Crippen molar-refractivity contribution in [3.05, 3.63) is 68.8 Å². The zero-order chi connectivity index (χ0) is 23.2. The number of benzene rings is 2. The van der Waals surface area contributed by atoms with Gasteiger partial charge in [-0.15, -0.1) is 0 Å². The molecule has 168 valence electrons. The van der Waals surface area contributed by atoms with E-state index in [1.807, 2.05) is 0 Å². The molecule has 2 aromatic carbocycles. The lowest BCUT2D eigenvalue weighted by Gasteiger charge is -2.30. The molecule has 0 N–H and O–H groups in total. The second kappa shape index (κ2) is 8.67. The minimum atomic E-state index is -2.32. The van der Waals surface area contributed by atoms with E-state index >= 15 is 0 Å². The molecular formula is C20H12Cl2F5N3O2. The van der Waals surface area contributed by atoms with Crippen LogP contribution in [0.5, 0.6) is 0 Å². The predicted molar refractivity (Wildman–Crippen MR) is 104 cm³/mol. The van der Waals surface area contributed by atoms with Crippen LogP contribution in [-0.4, -0.2) is 34.0 Å². The molecule has 0 atom stereocenters. The summed E-state index contributed by atoms with van der Waals surface area (Å²) in [6.45, 7) is -0.0406. The fraction of sp³-hybridized carbons (Fsp3) is 0.250. The summed E-state index contributed by atoms with van der Waals surface area (Å²) in [6, 6.07) is 4.89. The topological polar surface area (TPSA) is 59.2 Å². The van der Waals surface area contributed by atoms with Crippen LogP contribution in [-0.2, 0) is 0 Å². The van der Waals surface area contributed by atoms with E-state index in [2.05, 4.69) is 10.1 Å². The Hall–Kier alpha value is -2.72. The number of likely N-dealkylation sites (tertiary alicyclic amines) is 1. The van der Waals surface area contributed by atoms with Crippen molar-refractivity contribution in [3.63, 3.8) is 0 Å². The van der Waals surface area contributed by atoms with Gasteiger partial charge >= 0.3 is 0 Å². The largest absolute Gasteiger partial charge is 0.339 e. The quantitative estimate of drug-likeness (QED) is 0.265. The molecule has 3 aromatic rings. The first-order valence-corrected chi connectivity index (χ1v) is 10.0. The number of aromatic nitrogens is 2. The van der Waals surface area contributed by atoms with Gasteiger partial charge in [0.2, 0.25) is 17.5 Å². The molecule has 0 spiro atoms. The third-order valence-corrected chi connectivity index (χ3v) is 5.81. The molecule has 0 bridgehead atoms. The lowest BCUT2D eigenvalue weighted by Crippen LogP contribution is -2.39. The third-order valence-electron chi connectivity index (χ3n) is 5.18. The first-order valence-electron chi connectivity index (χ1n) is 9.29. The van der Waals surface area contributed by atoms with Gasteiger partial charge in [-0.1, -0.05) is 34.4 Å². The van der Waals surface area contributed by atoms with Crippen LogP contribution in [0.2, 0.25) is 10.0 Å². The highest BCUT2D eigenvalue weighted by molar-refractivity contribution is 6.38. The molecule has 4 rings (SSSR count). The highest BCUT2D eigenvalue weighted by atomic mass is 35.5. The number of hydrogen-bond donors (Lipinski definition) is 0. The van der Waals surface area contributed by atoms with E-state index in [0.29, 0.717) is 15.6 Å². The molecular weight excluding hydrogens is 480 g/mol. The molecule has 1 fully saturated rings. The maximum Gasteiger partial charge on any atom is 0.260 e. The maximum atomic E-state index is 14.0. The molecule has 0 aliphatic carbocycles. The van der Waals surface area contributed by atoms with Crippen LogP contribution in [0.15, 0.2) is 22.7 Å². The molecule has 0 radical (unpaired) electrons. The number of carbonyl (C=O) groups excluding carboxylic acids is 1. The summed E-state index contributed by atoms with van der Waals surface area (Å²) in [4.78, 5) is 17.8. The summed E-state index contributed by atoms with van der Waals surface area (Å²) in [7, 11) is 0. The molecule has 12 heteroatoms. The van der Waals surface area contributed by atoms with Crippen LogP contribution in [0, 0.1) is 29.1 Å². The van der Waals surface area contributed by atoms with Crippen LogP contribution in [0.1, 0.15) is 35.0 Å². The summed E-state index contributed by atoms with van der Waals surface area (Å²) < 4.78 is 73.3. The van der Waals surface area contributed by atoms with E-state index in [9.17, 15) is 26.7 Å². The molecule has 32 heavy (non-hydrogen) atoms. The summed E-state index contributed by atoms with van der Waals surface area (Å²) in [5.41, 5.74) is -1.09. The number of amides is 1. The standard InChI is InChI=1S/C20H12Cl2F5N3O2/c21-9-2-1-3-10(22)11(9)18-28-19(32-29-18)8-4-6-30(7-5-8)20(31)12-13(23)15(25)17(27)16(26)14(12)24/h1-3,8H,4-7H2. The van der Waals surface area contributed by atoms with E-state index in [-0.39, 0.29) is 43.6 Å². The Bertz CT molecular complexity index is 1160. The van der Waals surface area contributed by atoms with Crippen molar-refractivity contribution >= 4 is 29.1 Å². The van der Waals surface area contributed by atoms with Crippen molar-refractivity contribution in [3.8, 4) is 11.4 Å². The monoisotopic (exact) mass is 491 g/mol. The Morgan fingerprint density at radius 3 is 2.03 bits per heavy atom. The number of nitrogens with zero attached hydrogens (tertiary/aromatic N) is 3. The molecule has 1 aromatic heterocycles. The Morgan fingerprint density at radius 1 is 0.938 bits per heavy atom. The second-order valence-electron chi connectivity index (χ2n) is 7.06. The average Bonchev–Trinajstić information content (AvgIpc) is 3.26. The van der Waals surface area contributed by atoms with Gasteiger partial charge in [-0.2, -0.15) is 4.98 Å². The molecule has 0 saturated carbocycles. The second-order valence-corrected chi connectivity index (χ2v) is 7.88. The normalized spacial score (nSPS) is 14.8. The van der Waals surface area contributed by atoms with Gasteiger partial charge in [0.25, 0.3) is 5.91 Å². The maximum absolute atomic E-state index is 14.0. The Balaban J connectivity index is 1.50. The van der Waals surface area contributed by atoms with Crippen molar-refractivity contribution < 1.29 is 31.3 Å². The molecule has 0 unspecified atom stereocenters. The van der Waals surface area contributed by atoms with Crippen LogP contribution >= 0.6 is 23.2 Å². The number of rotatable bonds is 3. The van der Waals surface area contributed by atoms with Crippen molar-refractivity contribution in [2.45, 2.75) is 18.8 Å². The van der Waals surface area contributed by atoms with Crippen LogP contribution in [0.3, 0.4) is 0 Å². The minimum Gasteiger partial charge on any atom is -0.339 e. The smallest absolute Gasteiger partial charge is 0.260 e. The van der Waals surface area contributed by atoms with Gasteiger partial charge in [0, 0.05) is 19.0 Å². The fourth-order valence-corrected chi connectivity index (χ4v) is 4.06. The molecule has 1 saturated heterocycles. The number of piperidine rings is 1. The Morgan fingerprint density at radius 2 is 1.47 bits per heavy atom. The minimum absolute atomic E-state index is 0.0203. The van der Waals surface area contributed by atoms with Gasteiger partial charge in [-0.3, -0.25) is 4.79 Å². The lowest BCUT2D eigenvalue weighted by molar-refractivity contribution is 0.0691. The highest BCUT2D eigenvalue weighted by Gasteiger charge is 2.34. The van der Waals surface area contributed by atoms with Gasteiger partial charge < -0.3 is 9.42 Å². The first kappa shape index (κ1) is 22.5. The Kier molecular flexibility index (Phi) is 6.09. The molecule has 1 aliphatic rings. The van der Waals surface area contributed by atoms with Gasteiger partial charge in [-0.25, -0.2) is 22.0 Å². The summed E-state index contributed by atoms with van der Waals surface area (Å²) in [5.74, 6) is -12.1.